The lowest BCUT2D eigenvalue weighted by molar-refractivity contribution is -0.121. The highest BCUT2D eigenvalue weighted by Crippen LogP contribution is 2.23. The van der Waals surface area contributed by atoms with E-state index in [0.717, 1.165) is 25.0 Å². The van der Waals surface area contributed by atoms with Crippen LogP contribution in [0.2, 0.25) is 0 Å². The lowest BCUT2D eigenvalue weighted by Gasteiger charge is -2.31. The van der Waals surface area contributed by atoms with Gasteiger partial charge < -0.3 is 15.5 Å². The molecule has 31 heavy (non-hydrogen) atoms. The zero-order chi connectivity index (χ0) is 22.0. The number of carbonyl (C=O) groups is 3. The van der Waals surface area contributed by atoms with Crippen molar-refractivity contribution < 1.29 is 23.2 Å². The molecule has 8 heteroatoms. The fourth-order valence-electron chi connectivity index (χ4n) is 3.62. The van der Waals surface area contributed by atoms with E-state index in [2.05, 4.69) is 10.6 Å². The summed E-state index contributed by atoms with van der Waals surface area (Å²) in [6, 6.07) is 9.89. The summed E-state index contributed by atoms with van der Waals surface area (Å²) in [5, 5.41) is 5.76. The average Bonchev–Trinajstić information content (AvgIpc) is 3.58. The zero-order valence-electron chi connectivity index (χ0n) is 16.9. The van der Waals surface area contributed by atoms with Crippen LogP contribution in [-0.2, 0) is 4.79 Å². The van der Waals surface area contributed by atoms with Crippen LogP contribution >= 0.6 is 0 Å². The van der Waals surface area contributed by atoms with Crippen LogP contribution in [0, 0.1) is 17.6 Å². The van der Waals surface area contributed by atoms with Crippen LogP contribution < -0.4 is 10.6 Å². The predicted molar refractivity (Wildman–Crippen MR) is 111 cm³/mol. The summed E-state index contributed by atoms with van der Waals surface area (Å²) in [5.74, 6) is -2.68. The lowest BCUT2D eigenvalue weighted by Crippen LogP contribution is -2.41. The van der Waals surface area contributed by atoms with E-state index in [4.69, 9.17) is 0 Å². The van der Waals surface area contributed by atoms with E-state index in [-0.39, 0.29) is 29.3 Å². The van der Waals surface area contributed by atoms with Gasteiger partial charge in [0, 0.05) is 42.4 Å². The number of hydrogen-bond donors (Lipinski definition) is 2. The van der Waals surface area contributed by atoms with Gasteiger partial charge in [-0.3, -0.25) is 14.4 Å². The molecule has 0 bridgehead atoms. The minimum Gasteiger partial charge on any atom is -0.349 e. The van der Waals surface area contributed by atoms with E-state index in [0.29, 0.717) is 43.2 Å². The van der Waals surface area contributed by atoms with Gasteiger partial charge >= 0.3 is 0 Å². The second kappa shape index (κ2) is 8.83. The maximum Gasteiger partial charge on any atom is 0.256 e. The van der Waals surface area contributed by atoms with Crippen LogP contribution in [0.1, 0.15) is 46.4 Å². The van der Waals surface area contributed by atoms with Crippen LogP contribution in [0.4, 0.5) is 14.5 Å². The molecule has 1 saturated carbocycles. The van der Waals surface area contributed by atoms with Gasteiger partial charge in [-0.1, -0.05) is 0 Å². The largest absolute Gasteiger partial charge is 0.349 e. The van der Waals surface area contributed by atoms with E-state index in [1.165, 1.54) is 4.90 Å². The van der Waals surface area contributed by atoms with E-state index in [1.807, 2.05) is 0 Å². The Morgan fingerprint density at radius 3 is 2.19 bits per heavy atom. The minimum atomic E-state index is -0.890. The third-order valence-electron chi connectivity index (χ3n) is 5.64. The number of piperidine rings is 1. The Labute approximate surface area is 178 Å². The Morgan fingerprint density at radius 1 is 0.903 bits per heavy atom. The summed E-state index contributed by atoms with van der Waals surface area (Å²) in [6.07, 6.45) is 2.93. The highest BCUT2D eigenvalue weighted by Gasteiger charge is 2.29. The molecule has 0 unspecified atom stereocenters. The summed E-state index contributed by atoms with van der Waals surface area (Å²) in [6.45, 7) is 0.627. The minimum absolute atomic E-state index is 0.116. The Morgan fingerprint density at radius 2 is 1.58 bits per heavy atom. The molecule has 1 saturated heterocycles. The smallest absolute Gasteiger partial charge is 0.256 e. The first kappa shape index (κ1) is 21.0. The van der Waals surface area contributed by atoms with Gasteiger partial charge in [-0.15, -0.1) is 0 Å². The van der Waals surface area contributed by atoms with Gasteiger partial charge in [0.1, 0.15) is 11.6 Å². The molecule has 2 aromatic rings. The van der Waals surface area contributed by atoms with Gasteiger partial charge in [-0.25, -0.2) is 8.78 Å². The third kappa shape index (κ3) is 5.07. The normalized spacial score (nSPS) is 16.6. The molecule has 0 atom stereocenters. The number of carbonyl (C=O) groups excluding carboxylic acids is 3. The topological polar surface area (TPSA) is 78.5 Å². The van der Waals surface area contributed by atoms with Gasteiger partial charge in [-0.2, -0.15) is 0 Å². The summed E-state index contributed by atoms with van der Waals surface area (Å²) < 4.78 is 26.9. The molecule has 1 aliphatic heterocycles. The highest BCUT2D eigenvalue weighted by molar-refractivity contribution is 5.97. The highest BCUT2D eigenvalue weighted by atomic mass is 19.1. The average molecular weight is 427 g/mol. The molecule has 2 fully saturated rings. The number of nitrogens with one attached hydrogen (secondary N) is 2. The van der Waals surface area contributed by atoms with E-state index in [9.17, 15) is 23.2 Å². The molecule has 1 heterocycles. The number of hydrogen-bond acceptors (Lipinski definition) is 3. The monoisotopic (exact) mass is 427 g/mol. The van der Waals surface area contributed by atoms with Crippen LogP contribution in [-0.4, -0.2) is 41.8 Å². The standard InChI is InChI=1S/C23H23F2N3O3/c24-16-3-8-19(20(25)13-16)23(31)28-11-9-15(10-12-28)22(30)26-17-4-1-14(2-5-17)21(29)27-18-6-7-18/h1-5,8,13,15,18H,6-7,9-12H2,(H,26,30)(H,27,29). The first-order valence-electron chi connectivity index (χ1n) is 10.4. The lowest BCUT2D eigenvalue weighted by atomic mass is 9.95. The van der Waals surface area contributed by atoms with Gasteiger partial charge in [0.2, 0.25) is 5.91 Å². The number of nitrogens with zero attached hydrogens (tertiary/aromatic N) is 1. The first-order valence-corrected chi connectivity index (χ1v) is 10.4. The van der Waals surface area contributed by atoms with Crippen molar-refractivity contribution in [1.29, 1.82) is 0 Å². The molecule has 162 valence electrons. The molecule has 2 aliphatic rings. The fourth-order valence-corrected chi connectivity index (χ4v) is 3.62. The SMILES string of the molecule is O=C(NC1CC1)c1ccc(NC(=O)C2CCN(C(=O)c3ccc(F)cc3F)CC2)cc1. The fraction of sp³-hybridized carbons (Fsp3) is 0.348. The van der Waals surface area contributed by atoms with Crippen molar-refractivity contribution in [3.05, 3.63) is 65.2 Å². The predicted octanol–water partition coefficient (Wildman–Crippen LogP) is 3.35. The Bertz CT molecular complexity index is 998. The quantitative estimate of drug-likeness (QED) is 0.768. The van der Waals surface area contributed by atoms with Crippen molar-refractivity contribution >= 4 is 23.4 Å². The van der Waals surface area contributed by atoms with Crippen LogP contribution in [0.5, 0.6) is 0 Å². The molecule has 2 N–H and O–H groups in total. The van der Waals surface area contributed by atoms with E-state index < -0.39 is 17.5 Å². The summed E-state index contributed by atoms with van der Waals surface area (Å²) >= 11 is 0. The number of amides is 3. The van der Waals surface area contributed by atoms with Crippen molar-refractivity contribution in [1.82, 2.24) is 10.2 Å². The van der Waals surface area contributed by atoms with E-state index in [1.54, 1.807) is 24.3 Å². The number of benzene rings is 2. The van der Waals surface area contributed by atoms with Gasteiger partial charge in [-0.05, 0) is 62.1 Å². The molecule has 2 aromatic carbocycles. The molecule has 6 nitrogen and oxygen atoms in total. The number of halogens is 2. The Balaban J connectivity index is 1.29. The maximum atomic E-state index is 13.9. The molecule has 1 aliphatic carbocycles. The number of rotatable bonds is 5. The maximum absolute atomic E-state index is 13.9. The van der Waals surface area contributed by atoms with Crippen LogP contribution in [0.15, 0.2) is 42.5 Å². The summed E-state index contributed by atoms with van der Waals surface area (Å²) in [7, 11) is 0. The Kier molecular flexibility index (Phi) is 5.97. The van der Waals surface area contributed by atoms with Crippen molar-refractivity contribution in [2.24, 2.45) is 5.92 Å². The van der Waals surface area contributed by atoms with Crippen LogP contribution in [0.3, 0.4) is 0 Å². The second-order valence-electron chi connectivity index (χ2n) is 8.00. The Hall–Kier alpha value is -3.29. The number of likely N-dealkylation sites (tertiary alicyclic amines) is 1. The summed E-state index contributed by atoms with van der Waals surface area (Å²) in [5.41, 5.74) is 0.972. The molecule has 3 amide bonds. The molecule has 0 radical (unpaired) electrons. The molecular formula is C23H23F2N3O3. The van der Waals surface area contributed by atoms with Crippen molar-refractivity contribution in [3.63, 3.8) is 0 Å². The van der Waals surface area contributed by atoms with Crippen LogP contribution in [0.25, 0.3) is 0 Å². The van der Waals surface area contributed by atoms with Gasteiger partial charge in [0.25, 0.3) is 11.8 Å². The molecule has 4 rings (SSSR count). The van der Waals surface area contributed by atoms with Crippen molar-refractivity contribution in [2.45, 2.75) is 31.7 Å². The zero-order valence-corrected chi connectivity index (χ0v) is 16.9. The molecule has 0 aromatic heterocycles. The first-order chi connectivity index (χ1) is 14.9. The summed E-state index contributed by atoms with van der Waals surface area (Å²) in [4.78, 5) is 38.6. The van der Waals surface area contributed by atoms with Crippen molar-refractivity contribution in [2.75, 3.05) is 18.4 Å². The van der Waals surface area contributed by atoms with Crippen molar-refractivity contribution in [3.8, 4) is 0 Å². The van der Waals surface area contributed by atoms with E-state index >= 15 is 0 Å². The van der Waals surface area contributed by atoms with Gasteiger partial charge in [0.05, 0.1) is 5.56 Å². The molecular weight excluding hydrogens is 404 g/mol. The van der Waals surface area contributed by atoms with Gasteiger partial charge in [0.15, 0.2) is 0 Å². The second-order valence-corrected chi connectivity index (χ2v) is 8.00. The third-order valence-corrected chi connectivity index (χ3v) is 5.64. The molecule has 0 spiro atoms. The number of anilines is 1.